The molecule has 0 aromatic rings. The molecule has 0 bridgehead atoms. The molecule has 0 aromatic heterocycles. The predicted molar refractivity (Wildman–Crippen MR) is 53.6 cm³/mol. The summed E-state index contributed by atoms with van der Waals surface area (Å²) in [5, 5.41) is 0. The Bertz CT molecular complexity index is 481. The van der Waals surface area contributed by atoms with Crippen LogP contribution in [0.5, 0.6) is 0 Å². The molecule has 0 N–H and O–H groups in total. The Morgan fingerprint density at radius 3 is 2.31 bits per heavy atom. The summed E-state index contributed by atoms with van der Waals surface area (Å²) in [6.07, 6.45) is 7.26. The Labute approximate surface area is 90.8 Å². The third-order valence-corrected chi connectivity index (χ3v) is 2.13. The fourth-order valence-electron chi connectivity index (χ4n) is 1.31. The Morgan fingerprint density at radius 1 is 1.19 bits per heavy atom. The summed E-state index contributed by atoms with van der Waals surface area (Å²) in [6, 6.07) is 0. The standard InChI is InChI=1S/C10H7N3O3/c1-8-2-3-10(12-6-15,13-7-16)4-9(8)11-5-14/h2,4H,3H2,1H3. The average molecular weight is 217 g/mol. The van der Waals surface area contributed by atoms with E-state index in [0.29, 0.717) is 0 Å². The fraction of sp³-hybridized carbons (Fsp3) is 0.300. The molecule has 0 unspecified atom stereocenters. The van der Waals surface area contributed by atoms with Crippen molar-refractivity contribution in [2.75, 3.05) is 0 Å². The summed E-state index contributed by atoms with van der Waals surface area (Å²) < 4.78 is 0. The second-order valence-electron chi connectivity index (χ2n) is 3.11. The van der Waals surface area contributed by atoms with Gasteiger partial charge in [-0.2, -0.15) is 15.0 Å². The first kappa shape index (κ1) is 11.7. The molecule has 1 aliphatic carbocycles. The summed E-state index contributed by atoms with van der Waals surface area (Å²) in [5.41, 5.74) is -0.376. The number of nitrogens with zero attached hydrogens (tertiary/aromatic N) is 3. The Hall–Kier alpha value is -2.38. The van der Waals surface area contributed by atoms with E-state index in [4.69, 9.17) is 0 Å². The maximum atomic E-state index is 10.3. The van der Waals surface area contributed by atoms with E-state index in [1.165, 1.54) is 24.3 Å². The Kier molecular flexibility index (Phi) is 3.59. The van der Waals surface area contributed by atoms with E-state index in [0.717, 1.165) is 5.57 Å². The van der Waals surface area contributed by atoms with Crippen LogP contribution in [-0.2, 0) is 14.4 Å². The van der Waals surface area contributed by atoms with Gasteiger partial charge in [-0.05, 0) is 18.6 Å². The van der Waals surface area contributed by atoms with Crippen LogP contribution < -0.4 is 0 Å². The van der Waals surface area contributed by atoms with Gasteiger partial charge in [-0.15, -0.1) is 0 Å². The first-order valence-corrected chi connectivity index (χ1v) is 4.33. The summed E-state index contributed by atoms with van der Waals surface area (Å²) in [6.45, 7) is 1.73. The van der Waals surface area contributed by atoms with Gasteiger partial charge in [0, 0.05) is 6.42 Å². The predicted octanol–water partition coefficient (Wildman–Crippen LogP) is 0.924. The molecule has 1 rings (SSSR count). The van der Waals surface area contributed by atoms with Gasteiger partial charge in [0.2, 0.25) is 18.2 Å². The van der Waals surface area contributed by atoms with Crippen LogP contribution in [0, 0.1) is 0 Å². The summed E-state index contributed by atoms with van der Waals surface area (Å²) >= 11 is 0. The number of hydrogen-bond acceptors (Lipinski definition) is 6. The minimum Gasteiger partial charge on any atom is -0.211 e. The number of isocyanates is 3. The highest BCUT2D eigenvalue weighted by Crippen LogP contribution is 2.30. The molecule has 0 aromatic carbocycles. The Morgan fingerprint density at radius 2 is 1.81 bits per heavy atom. The van der Waals surface area contributed by atoms with Gasteiger partial charge in [-0.25, -0.2) is 14.4 Å². The van der Waals surface area contributed by atoms with Gasteiger partial charge in [-0.3, -0.25) is 0 Å². The quantitative estimate of drug-likeness (QED) is 0.520. The van der Waals surface area contributed by atoms with Crippen LogP contribution in [0.15, 0.2) is 38.4 Å². The molecule has 0 amide bonds. The molecule has 6 heteroatoms. The number of aliphatic imine (C=N–C) groups is 3. The number of allylic oxidation sites excluding steroid dienone is 1. The smallest absolute Gasteiger partial charge is 0.211 e. The molecule has 0 aliphatic heterocycles. The maximum Gasteiger partial charge on any atom is 0.240 e. The first-order chi connectivity index (χ1) is 7.67. The number of carbonyl (C=O) groups excluding carboxylic acids is 3. The van der Waals surface area contributed by atoms with Crippen LogP contribution in [0.1, 0.15) is 13.3 Å². The van der Waals surface area contributed by atoms with Crippen LogP contribution >= 0.6 is 0 Å². The molecule has 0 fully saturated rings. The lowest BCUT2D eigenvalue weighted by atomic mass is 9.96. The Balaban J connectivity index is 3.31. The first-order valence-electron chi connectivity index (χ1n) is 4.33. The van der Waals surface area contributed by atoms with Crippen molar-refractivity contribution >= 4 is 18.2 Å². The summed E-state index contributed by atoms with van der Waals surface area (Å²) in [7, 11) is 0. The highest BCUT2D eigenvalue weighted by molar-refractivity contribution is 5.49. The van der Waals surface area contributed by atoms with Crippen molar-refractivity contribution in [3.05, 3.63) is 23.4 Å². The summed E-state index contributed by atoms with van der Waals surface area (Å²) in [5.74, 6) is 0. The monoisotopic (exact) mass is 217 g/mol. The zero-order valence-corrected chi connectivity index (χ0v) is 8.43. The normalized spacial score (nSPS) is 22.8. The molecule has 0 saturated heterocycles. The molecule has 0 heterocycles. The maximum absolute atomic E-state index is 10.3. The second-order valence-corrected chi connectivity index (χ2v) is 3.11. The number of rotatable bonds is 3. The largest absolute Gasteiger partial charge is 0.240 e. The van der Waals surface area contributed by atoms with Crippen molar-refractivity contribution in [1.82, 2.24) is 0 Å². The third kappa shape index (κ3) is 2.35. The second kappa shape index (κ2) is 4.91. The topological polar surface area (TPSA) is 88.3 Å². The number of hydrogen-bond donors (Lipinski definition) is 0. The molecule has 0 saturated carbocycles. The highest BCUT2D eigenvalue weighted by Gasteiger charge is 2.29. The fourth-order valence-corrected chi connectivity index (χ4v) is 1.31. The average Bonchev–Trinajstić information content (AvgIpc) is 2.25. The van der Waals surface area contributed by atoms with Gasteiger partial charge < -0.3 is 0 Å². The van der Waals surface area contributed by atoms with Crippen LogP contribution in [0.3, 0.4) is 0 Å². The van der Waals surface area contributed by atoms with Gasteiger partial charge in [0.1, 0.15) is 0 Å². The van der Waals surface area contributed by atoms with Crippen LogP contribution in [-0.4, -0.2) is 23.9 Å². The van der Waals surface area contributed by atoms with Gasteiger partial charge in [-0.1, -0.05) is 6.08 Å². The molecule has 80 valence electrons. The zero-order chi connectivity index (χ0) is 12.0. The molecule has 0 spiro atoms. The van der Waals surface area contributed by atoms with E-state index >= 15 is 0 Å². The van der Waals surface area contributed by atoms with Crippen molar-refractivity contribution in [2.24, 2.45) is 15.0 Å². The van der Waals surface area contributed by atoms with Gasteiger partial charge in [0.15, 0.2) is 5.66 Å². The molecule has 6 nitrogen and oxygen atoms in total. The molecule has 0 atom stereocenters. The van der Waals surface area contributed by atoms with E-state index in [2.05, 4.69) is 15.0 Å². The van der Waals surface area contributed by atoms with E-state index in [1.807, 2.05) is 0 Å². The minimum absolute atomic E-state index is 0.223. The van der Waals surface area contributed by atoms with Crippen LogP contribution in [0.2, 0.25) is 0 Å². The zero-order valence-electron chi connectivity index (χ0n) is 8.43. The van der Waals surface area contributed by atoms with Crippen molar-refractivity contribution in [1.29, 1.82) is 0 Å². The third-order valence-electron chi connectivity index (χ3n) is 2.13. The van der Waals surface area contributed by atoms with Crippen molar-refractivity contribution in [3.8, 4) is 0 Å². The lowest BCUT2D eigenvalue weighted by molar-refractivity contribution is 0.510. The van der Waals surface area contributed by atoms with E-state index < -0.39 is 5.66 Å². The molecular formula is C10H7N3O3. The van der Waals surface area contributed by atoms with E-state index in [9.17, 15) is 14.4 Å². The van der Waals surface area contributed by atoms with Gasteiger partial charge in [0.05, 0.1) is 5.70 Å². The molecular weight excluding hydrogens is 210 g/mol. The van der Waals surface area contributed by atoms with Gasteiger partial charge in [0.25, 0.3) is 0 Å². The van der Waals surface area contributed by atoms with Crippen LogP contribution in [0.25, 0.3) is 0 Å². The van der Waals surface area contributed by atoms with Crippen LogP contribution in [0.4, 0.5) is 0 Å². The molecule has 0 radical (unpaired) electrons. The molecule has 16 heavy (non-hydrogen) atoms. The molecule has 1 aliphatic rings. The lowest BCUT2D eigenvalue weighted by Crippen LogP contribution is -2.23. The minimum atomic E-state index is -1.38. The van der Waals surface area contributed by atoms with Crippen molar-refractivity contribution < 1.29 is 14.4 Å². The highest BCUT2D eigenvalue weighted by atomic mass is 16.1. The van der Waals surface area contributed by atoms with Gasteiger partial charge >= 0.3 is 0 Å². The van der Waals surface area contributed by atoms with E-state index in [1.54, 1.807) is 13.0 Å². The van der Waals surface area contributed by atoms with Crippen molar-refractivity contribution in [2.45, 2.75) is 19.0 Å². The SMILES string of the molecule is CC1=CCC(N=C=O)(N=C=O)C=C1N=C=O. The van der Waals surface area contributed by atoms with E-state index in [-0.39, 0.29) is 12.1 Å². The lowest BCUT2D eigenvalue weighted by Gasteiger charge is -2.21. The van der Waals surface area contributed by atoms with Crippen molar-refractivity contribution in [3.63, 3.8) is 0 Å². The summed E-state index contributed by atoms with van der Waals surface area (Å²) in [4.78, 5) is 41.0.